The van der Waals surface area contributed by atoms with Gasteiger partial charge in [-0.25, -0.2) is 23.7 Å². The van der Waals surface area contributed by atoms with Gasteiger partial charge in [0.2, 0.25) is 0 Å². The SMILES string of the molecule is [N-]=[N+]=NC1(COP(=O)(O)OP(=O)(O)OP(=O)(O)O)O[C@@H](c2csc3c(N)ncnc23)[C@H](Cl)[C@@H]1O. The zero-order valence-electron chi connectivity index (χ0n) is 16.1. The fourth-order valence-corrected chi connectivity index (χ4v) is 7.25. The number of anilines is 1. The molecule has 0 aromatic carbocycles. The third-order valence-corrected chi connectivity index (χ3v) is 9.42. The first-order chi connectivity index (χ1) is 15.6. The molecule has 0 bridgehead atoms. The van der Waals surface area contributed by atoms with Crippen LogP contribution in [-0.4, -0.2) is 58.5 Å². The van der Waals surface area contributed by atoms with E-state index in [0.717, 1.165) is 11.3 Å². The van der Waals surface area contributed by atoms with Gasteiger partial charge in [-0.2, -0.15) is 8.62 Å². The molecule has 0 saturated carbocycles. The Labute approximate surface area is 197 Å². The van der Waals surface area contributed by atoms with Crippen LogP contribution in [0.1, 0.15) is 11.7 Å². The van der Waals surface area contributed by atoms with Gasteiger partial charge in [0.15, 0.2) is 5.72 Å². The number of phosphoric acid groups is 3. The number of hydrogen-bond donors (Lipinski definition) is 6. The number of aliphatic hydroxyl groups is 1. The third kappa shape index (κ3) is 5.94. The highest BCUT2D eigenvalue weighted by molar-refractivity contribution is 7.66. The van der Waals surface area contributed by atoms with Crippen LogP contribution in [-0.2, 0) is 31.6 Å². The normalized spacial score (nSPS) is 28.8. The van der Waals surface area contributed by atoms with E-state index in [1.807, 2.05) is 0 Å². The fraction of sp³-hybridized carbons (Fsp3) is 0.455. The molecule has 23 heteroatoms. The maximum Gasteiger partial charge on any atom is 0.490 e. The molecule has 34 heavy (non-hydrogen) atoms. The molecule has 3 rings (SSSR count). The zero-order valence-corrected chi connectivity index (χ0v) is 20.4. The van der Waals surface area contributed by atoms with Gasteiger partial charge in [0, 0.05) is 10.5 Å². The maximum absolute atomic E-state index is 12.0. The lowest BCUT2D eigenvalue weighted by Gasteiger charge is -2.27. The molecule has 0 spiro atoms. The van der Waals surface area contributed by atoms with E-state index in [1.165, 1.54) is 11.7 Å². The van der Waals surface area contributed by atoms with Crippen molar-refractivity contribution in [1.29, 1.82) is 0 Å². The molecule has 7 N–H and O–H groups in total. The third-order valence-electron chi connectivity index (χ3n) is 4.16. The second kappa shape index (κ2) is 9.67. The quantitative estimate of drug-likeness (QED) is 0.0805. The van der Waals surface area contributed by atoms with Crippen LogP contribution < -0.4 is 5.73 Å². The number of fused-ring (bicyclic) bond motifs is 1. The lowest BCUT2D eigenvalue weighted by Crippen LogP contribution is -2.43. The summed E-state index contributed by atoms with van der Waals surface area (Å²) in [4.78, 5) is 46.5. The van der Waals surface area contributed by atoms with Crippen molar-refractivity contribution < 1.29 is 56.3 Å². The van der Waals surface area contributed by atoms with Gasteiger partial charge >= 0.3 is 23.5 Å². The average Bonchev–Trinajstić information content (AvgIpc) is 3.20. The molecule has 1 saturated heterocycles. The number of thiophene rings is 1. The summed E-state index contributed by atoms with van der Waals surface area (Å²) in [7, 11) is -17.0. The van der Waals surface area contributed by atoms with Crippen molar-refractivity contribution in [3.63, 3.8) is 0 Å². The number of alkyl halides is 1. The average molecular weight is 583 g/mol. The number of halogens is 1. The summed E-state index contributed by atoms with van der Waals surface area (Å²) in [5.74, 6) is 0.153. The molecular weight excluding hydrogens is 569 g/mol. The summed E-state index contributed by atoms with van der Waals surface area (Å²) < 4.78 is 52.0. The van der Waals surface area contributed by atoms with Gasteiger partial charge in [-0.3, -0.25) is 4.52 Å². The fourth-order valence-electron chi connectivity index (χ4n) is 2.88. The molecular formula is C11H14ClN6O12P3S. The van der Waals surface area contributed by atoms with Gasteiger partial charge in [0.25, 0.3) is 0 Å². The second-order valence-electron chi connectivity index (χ2n) is 6.45. The van der Waals surface area contributed by atoms with Gasteiger partial charge < -0.3 is 35.2 Å². The minimum absolute atomic E-state index is 0.153. The van der Waals surface area contributed by atoms with E-state index in [9.17, 15) is 28.6 Å². The van der Waals surface area contributed by atoms with Crippen LogP contribution in [0, 0.1) is 0 Å². The number of nitrogen functional groups attached to an aromatic ring is 1. The van der Waals surface area contributed by atoms with Crippen molar-refractivity contribution in [2.24, 2.45) is 5.11 Å². The number of aromatic nitrogens is 2. The molecule has 18 nitrogen and oxygen atoms in total. The van der Waals surface area contributed by atoms with Gasteiger partial charge in [-0.15, -0.1) is 22.9 Å². The standard InChI is InChI=1S/C11H14ClN6O12P3S/c12-5-7(4-1-34-8-6(4)15-3-16-10(8)13)28-11(9(5)19,17-18-14)2-27-32(23,24)30-33(25,26)29-31(20,21)22/h1,3,5,7,9,19H,2H2,(H,23,24)(H,25,26)(H2,13,15,16)(H2,20,21,22)/t5-,7-,9-,11?/m0/s1. The number of ether oxygens (including phenoxy) is 1. The molecule has 3 heterocycles. The summed E-state index contributed by atoms with van der Waals surface area (Å²) in [6, 6.07) is 0. The molecule has 188 valence electrons. The number of nitrogens with two attached hydrogens (primary N) is 1. The minimum atomic E-state index is -5.80. The number of rotatable bonds is 9. The highest BCUT2D eigenvalue weighted by atomic mass is 35.5. The summed E-state index contributed by atoms with van der Waals surface area (Å²) >= 11 is 7.40. The summed E-state index contributed by atoms with van der Waals surface area (Å²) in [5, 5.41) is 14.1. The Balaban J connectivity index is 1.86. The molecule has 2 aromatic rings. The number of phosphoric ester groups is 1. The van der Waals surface area contributed by atoms with Crippen molar-refractivity contribution in [3.8, 4) is 0 Å². The van der Waals surface area contributed by atoms with E-state index in [0.29, 0.717) is 15.8 Å². The Hall–Kier alpha value is -1.23. The van der Waals surface area contributed by atoms with Crippen LogP contribution >= 0.6 is 46.4 Å². The smallest absolute Gasteiger partial charge is 0.388 e. The number of aliphatic hydroxyl groups excluding tert-OH is 1. The monoisotopic (exact) mass is 582 g/mol. The summed E-state index contributed by atoms with van der Waals surface area (Å²) in [6.45, 7) is -1.26. The first kappa shape index (κ1) is 27.4. The molecule has 3 unspecified atom stereocenters. The number of hydrogen-bond acceptors (Lipinski definition) is 13. The Morgan fingerprint density at radius 2 is 1.94 bits per heavy atom. The van der Waals surface area contributed by atoms with Crippen LogP contribution in [0.25, 0.3) is 20.7 Å². The molecule has 0 radical (unpaired) electrons. The zero-order chi connectivity index (χ0) is 25.5. The van der Waals surface area contributed by atoms with E-state index >= 15 is 0 Å². The Bertz CT molecular complexity index is 1290. The molecule has 1 aliphatic heterocycles. The minimum Gasteiger partial charge on any atom is -0.388 e. The van der Waals surface area contributed by atoms with Crippen molar-refractivity contribution in [1.82, 2.24) is 9.97 Å². The first-order valence-corrected chi connectivity index (χ1v) is 14.3. The predicted octanol–water partition coefficient (Wildman–Crippen LogP) is 1.66. The van der Waals surface area contributed by atoms with E-state index in [2.05, 4.69) is 33.1 Å². The first-order valence-electron chi connectivity index (χ1n) is 8.42. The highest BCUT2D eigenvalue weighted by Crippen LogP contribution is 2.66. The van der Waals surface area contributed by atoms with Crippen molar-refractivity contribution in [2.75, 3.05) is 12.3 Å². The van der Waals surface area contributed by atoms with Crippen LogP contribution in [0.4, 0.5) is 5.82 Å². The van der Waals surface area contributed by atoms with Crippen molar-refractivity contribution in [3.05, 3.63) is 27.7 Å². The second-order valence-corrected chi connectivity index (χ2v) is 12.3. The molecule has 1 aliphatic rings. The Kier molecular flexibility index (Phi) is 7.78. The lowest BCUT2D eigenvalue weighted by molar-refractivity contribution is -0.105. The molecule has 2 aromatic heterocycles. The molecule has 1 fully saturated rings. The number of nitrogens with zero attached hydrogens (tertiary/aromatic N) is 5. The van der Waals surface area contributed by atoms with E-state index in [4.69, 9.17) is 37.4 Å². The van der Waals surface area contributed by atoms with Crippen LogP contribution in [0.5, 0.6) is 0 Å². The summed E-state index contributed by atoms with van der Waals surface area (Å²) in [6.07, 6.45) is -1.91. The highest BCUT2D eigenvalue weighted by Gasteiger charge is 2.56. The Morgan fingerprint density at radius 1 is 1.26 bits per heavy atom. The topological polar surface area (TPSA) is 290 Å². The lowest BCUT2D eigenvalue weighted by atomic mass is 10.0. The van der Waals surface area contributed by atoms with Crippen molar-refractivity contribution >= 4 is 62.4 Å². The van der Waals surface area contributed by atoms with Gasteiger partial charge in [-0.1, -0.05) is 5.11 Å². The molecule has 0 aliphatic carbocycles. The van der Waals surface area contributed by atoms with Crippen LogP contribution in [0.2, 0.25) is 0 Å². The van der Waals surface area contributed by atoms with Gasteiger partial charge in [0.05, 0.1) is 22.2 Å². The Morgan fingerprint density at radius 3 is 2.56 bits per heavy atom. The maximum atomic E-state index is 12.0. The van der Waals surface area contributed by atoms with E-state index in [1.54, 1.807) is 0 Å². The van der Waals surface area contributed by atoms with E-state index < -0.39 is 53.4 Å². The molecule has 0 amide bonds. The van der Waals surface area contributed by atoms with Gasteiger partial charge in [-0.05, 0) is 10.9 Å². The van der Waals surface area contributed by atoms with Crippen LogP contribution in [0.15, 0.2) is 16.8 Å². The predicted molar refractivity (Wildman–Crippen MR) is 113 cm³/mol. The van der Waals surface area contributed by atoms with Crippen molar-refractivity contribution in [2.45, 2.75) is 23.3 Å². The van der Waals surface area contributed by atoms with E-state index in [-0.39, 0.29) is 5.82 Å². The van der Waals surface area contributed by atoms with Crippen LogP contribution in [0.3, 0.4) is 0 Å². The largest absolute Gasteiger partial charge is 0.490 e. The molecule has 6 atom stereocenters. The summed E-state index contributed by atoms with van der Waals surface area (Å²) in [5.41, 5.74) is 12.9. The van der Waals surface area contributed by atoms with Gasteiger partial charge in [0.1, 0.15) is 24.4 Å². The number of azide groups is 1.